The number of rotatable bonds is 6. The van der Waals surface area contributed by atoms with Gasteiger partial charge >= 0.3 is 6.61 Å². The maximum atomic E-state index is 12.3. The van der Waals surface area contributed by atoms with Gasteiger partial charge in [0.1, 0.15) is 5.75 Å². The molecule has 0 atom stereocenters. The second kappa shape index (κ2) is 7.40. The normalized spacial score (nSPS) is 11.0. The molecule has 1 N–H and O–H groups in total. The molecule has 0 aliphatic rings. The molecule has 0 fully saturated rings. The summed E-state index contributed by atoms with van der Waals surface area (Å²) in [5, 5.41) is 9.18. The fourth-order valence-electron chi connectivity index (χ4n) is 1.88. The second-order valence-corrected chi connectivity index (χ2v) is 4.53. The molecule has 4 nitrogen and oxygen atoms in total. The minimum Gasteiger partial charge on any atom is -0.508 e. The minimum absolute atomic E-state index is 0.0740. The quantitative estimate of drug-likeness (QED) is 0.648. The molecule has 23 heavy (non-hydrogen) atoms. The van der Waals surface area contributed by atoms with E-state index in [4.69, 9.17) is 4.74 Å². The smallest absolute Gasteiger partial charge is 0.387 e. The SMILES string of the molecule is COc1cc(C=CC(=O)c2ccc(O)cc2)ccc1OC(F)F. The summed E-state index contributed by atoms with van der Waals surface area (Å²) in [6.07, 6.45) is 2.87. The van der Waals surface area contributed by atoms with Crippen LogP contribution in [-0.4, -0.2) is 24.6 Å². The standard InChI is InChI=1S/C17H14F2O4/c1-22-16-10-11(3-9-15(16)23-17(18)19)2-8-14(21)12-4-6-13(20)7-5-12/h2-10,17,20H,1H3. The van der Waals surface area contributed by atoms with Crippen molar-refractivity contribution >= 4 is 11.9 Å². The van der Waals surface area contributed by atoms with Crippen molar-refractivity contribution in [3.05, 3.63) is 59.7 Å². The number of benzene rings is 2. The Morgan fingerprint density at radius 1 is 1.13 bits per heavy atom. The van der Waals surface area contributed by atoms with E-state index < -0.39 is 6.61 Å². The largest absolute Gasteiger partial charge is 0.508 e. The van der Waals surface area contributed by atoms with E-state index in [9.17, 15) is 18.7 Å². The minimum atomic E-state index is -2.94. The number of phenolic OH excluding ortho intramolecular Hbond substituents is 1. The number of hydrogen-bond acceptors (Lipinski definition) is 4. The van der Waals surface area contributed by atoms with Gasteiger partial charge in [-0.3, -0.25) is 4.79 Å². The maximum absolute atomic E-state index is 12.3. The molecular formula is C17H14F2O4. The lowest BCUT2D eigenvalue weighted by Crippen LogP contribution is -2.03. The van der Waals surface area contributed by atoms with Crippen LogP contribution in [0.3, 0.4) is 0 Å². The lowest BCUT2D eigenvalue weighted by Gasteiger charge is -2.10. The van der Waals surface area contributed by atoms with Crippen molar-refractivity contribution in [1.82, 2.24) is 0 Å². The van der Waals surface area contributed by atoms with Crippen molar-refractivity contribution in [1.29, 1.82) is 0 Å². The number of carbonyl (C=O) groups is 1. The summed E-state index contributed by atoms with van der Waals surface area (Å²) >= 11 is 0. The summed E-state index contributed by atoms with van der Waals surface area (Å²) in [7, 11) is 1.34. The van der Waals surface area contributed by atoms with Crippen LogP contribution in [0.5, 0.6) is 17.2 Å². The van der Waals surface area contributed by atoms with Crippen LogP contribution in [0.1, 0.15) is 15.9 Å². The summed E-state index contributed by atoms with van der Waals surface area (Å²) in [5.41, 5.74) is 1.01. The molecule has 0 saturated heterocycles. The highest BCUT2D eigenvalue weighted by Gasteiger charge is 2.10. The van der Waals surface area contributed by atoms with Crippen molar-refractivity contribution < 1.29 is 28.2 Å². The summed E-state index contributed by atoms with van der Waals surface area (Å²) < 4.78 is 33.8. The molecule has 0 unspecified atom stereocenters. The van der Waals surface area contributed by atoms with E-state index in [1.54, 1.807) is 0 Å². The molecule has 0 aliphatic heterocycles. The van der Waals surface area contributed by atoms with Crippen LogP contribution >= 0.6 is 0 Å². The summed E-state index contributed by atoms with van der Waals surface area (Å²) in [6, 6.07) is 10.2. The molecule has 0 aliphatic carbocycles. The highest BCUT2D eigenvalue weighted by atomic mass is 19.3. The zero-order valence-corrected chi connectivity index (χ0v) is 12.2. The molecule has 0 heterocycles. The molecule has 0 radical (unpaired) electrons. The fraction of sp³-hybridized carbons (Fsp3) is 0.118. The van der Waals surface area contributed by atoms with Gasteiger partial charge in [0.05, 0.1) is 7.11 Å². The van der Waals surface area contributed by atoms with E-state index in [0.29, 0.717) is 11.1 Å². The maximum Gasteiger partial charge on any atom is 0.387 e. The topological polar surface area (TPSA) is 55.8 Å². The van der Waals surface area contributed by atoms with Gasteiger partial charge in [0.2, 0.25) is 0 Å². The summed E-state index contributed by atoms with van der Waals surface area (Å²) in [5.74, 6) is -0.115. The number of ether oxygens (including phenoxy) is 2. The number of phenols is 1. The van der Waals surface area contributed by atoms with E-state index in [1.165, 1.54) is 61.7 Å². The van der Waals surface area contributed by atoms with Crippen molar-refractivity contribution in [2.45, 2.75) is 6.61 Å². The predicted octanol–water partition coefficient (Wildman–Crippen LogP) is 3.90. The number of allylic oxidation sites excluding steroid dienone is 1. The molecule has 0 bridgehead atoms. The number of aromatic hydroxyl groups is 1. The highest BCUT2D eigenvalue weighted by molar-refractivity contribution is 6.06. The number of alkyl halides is 2. The fourth-order valence-corrected chi connectivity index (χ4v) is 1.88. The van der Waals surface area contributed by atoms with Crippen molar-refractivity contribution in [2.24, 2.45) is 0 Å². The second-order valence-electron chi connectivity index (χ2n) is 4.53. The van der Waals surface area contributed by atoms with E-state index in [0.717, 1.165) is 0 Å². The Morgan fingerprint density at radius 3 is 2.43 bits per heavy atom. The Bertz CT molecular complexity index is 709. The first kappa shape index (κ1) is 16.5. The molecule has 0 aromatic heterocycles. The van der Waals surface area contributed by atoms with Gasteiger partial charge in [-0.25, -0.2) is 0 Å². The molecular weight excluding hydrogens is 306 g/mol. The molecule has 120 valence electrons. The number of methoxy groups -OCH3 is 1. The van der Waals surface area contributed by atoms with Crippen LogP contribution in [-0.2, 0) is 0 Å². The number of ketones is 1. The first-order chi connectivity index (χ1) is 11.0. The third-order valence-electron chi connectivity index (χ3n) is 2.98. The van der Waals surface area contributed by atoms with Gasteiger partial charge in [-0.1, -0.05) is 12.1 Å². The van der Waals surface area contributed by atoms with Gasteiger partial charge in [0.25, 0.3) is 0 Å². The summed E-state index contributed by atoms with van der Waals surface area (Å²) in [6.45, 7) is -2.94. The first-order valence-corrected chi connectivity index (χ1v) is 6.64. The predicted molar refractivity (Wildman–Crippen MR) is 81.1 cm³/mol. The Morgan fingerprint density at radius 2 is 1.83 bits per heavy atom. The van der Waals surface area contributed by atoms with E-state index in [2.05, 4.69) is 4.74 Å². The average molecular weight is 320 g/mol. The lowest BCUT2D eigenvalue weighted by atomic mass is 10.1. The van der Waals surface area contributed by atoms with Crippen LogP contribution < -0.4 is 9.47 Å². The van der Waals surface area contributed by atoms with Crippen molar-refractivity contribution in [2.75, 3.05) is 7.11 Å². The Balaban J connectivity index is 2.15. The highest BCUT2D eigenvalue weighted by Crippen LogP contribution is 2.29. The van der Waals surface area contributed by atoms with Crippen LogP contribution in [0.15, 0.2) is 48.5 Å². The zero-order valence-electron chi connectivity index (χ0n) is 12.2. The van der Waals surface area contributed by atoms with Gasteiger partial charge in [-0.05, 0) is 48.0 Å². The number of carbonyl (C=O) groups excluding carboxylic acids is 1. The summed E-state index contributed by atoms with van der Waals surface area (Å²) in [4.78, 5) is 12.0. The molecule has 0 amide bonds. The van der Waals surface area contributed by atoms with E-state index in [1.807, 2.05) is 0 Å². The van der Waals surface area contributed by atoms with Gasteiger partial charge in [-0.2, -0.15) is 8.78 Å². The molecule has 0 saturated carbocycles. The van der Waals surface area contributed by atoms with E-state index >= 15 is 0 Å². The molecule has 6 heteroatoms. The van der Waals surface area contributed by atoms with Gasteiger partial charge in [0.15, 0.2) is 17.3 Å². The number of halogens is 2. The van der Waals surface area contributed by atoms with Crippen LogP contribution in [0.4, 0.5) is 8.78 Å². The Kier molecular flexibility index (Phi) is 5.30. The van der Waals surface area contributed by atoms with Crippen LogP contribution in [0, 0.1) is 0 Å². The monoisotopic (exact) mass is 320 g/mol. The third-order valence-corrected chi connectivity index (χ3v) is 2.98. The van der Waals surface area contributed by atoms with Crippen molar-refractivity contribution in [3.63, 3.8) is 0 Å². The average Bonchev–Trinajstić information content (AvgIpc) is 2.53. The van der Waals surface area contributed by atoms with E-state index in [-0.39, 0.29) is 23.0 Å². The Labute approximate surface area is 131 Å². The first-order valence-electron chi connectivity index (χ1n) is 6.64. The van der Waals surface area contributed by atoms with Gasteiger partial charge in [-0.15, -0.1) is 0 Å². The van der Waals surface area contributed by atoms with Crippen LogP contribution in [0.2, 0.25) is 0 Å². The van der Waals surface area contributed by atoms with Crippen molar-refractivity contribution in [3.8, 4) is 17.2 Å². The number of hydrogen-bond donors (Lipinski definition) is 1. The van der Waals surface area contributed by atoms with Gasteiger partial charge < -0.3 is 14.6 Å². The third kappa shape index (κ3) is 4.54. The molecule has 2 rings (SSSR count). The lowest BCUT2D eigenvalue weighted by molar-refractivity contribution is -0.0512. The molecule has 2 aromatic rings. The zero-order chi connectivity index (χ0) is 16.8. The van der Waals surface area contributed by atoms with Crippen LogP contribution in [0.25, 0.3) is 6.08 Å². The molecule has 2 aromatic carbocycles. The molecule has 0 spiro atoms. The van der Waals surface area contributed by atoms with Gasteiger partial charge in [0, 0.05) is 5.56 Å². The Hall–Kier alpha value is -2.89.